The fraction of sp³-hybridized carbons (Fsp3) is 0.917. The molecular formula is C12H25NO3. The molecule has 0 aliphatic rings. The molecule has 1 atom stereocenters. The van der Waals surface area contributed by atoms with Gasteiger partial charge in [0.2, 0.25) is 5.91 Å². The zero-order valence-electron chi connectivity index (χ0n) is 10.9. The average molecular weight is 231 g/mol. The van der Waals surface area contributed by atoms with Gasteiger partial charge in [-0.05, 0) is 18.3 Å². The lowest BCUT2D eigenvalue weighted by molar-refractivity contribution is -0.121. The summed E-state index contributed by atoms with van der Waals surface area (Å²) in [7, 11) is 1.52. The number of aliphatic hydroxyl groups excluding tert-OH is 1. The van der Waals surface area contributed by atoms with Gasteiger partial charge in [-0.2, -0.15) is 0 Å². The molecule has 96 valence electrons. The third kappa shape index (κ3) is 9.93. The normalized spacial score (nSPS) is 13.6. The molecule has 2 N–H and O–H groups in total. The van der Waals surface area contributed by atoms with Crippen molar-refractivity contribution in [2.45, 2.75) is 46.1 Å². The molecule has 0 saturated heterocycles. The van der Waals surface area contributed by atoms with Crippen LogP contribution in [0.2, 0.25) is 0 Å². The average Bonchev–Trinajstić information content (AvgIpc) is 2.13. The van der Waals surface area contributed by atoms with Gasteiger partial charge in [-0.15, -0.1) is 0 Å². The maximum Gasteiger partial charge on any atom is 0.220 e. The first kappa shape index (κ1) is 15.4. The zero-order chi connectivity index (χ0) is 12.6. The lowest BCUT2D eigenvalue weighted by atomic mass is 9.90. The Hall–Kier alpha value is -0.610. The molecule has 0 saturated carbocycles. The first-order valence-electron chi connectivity index (χ1n) is 5.79. The minimum absolute atomic E-state index is 0.000553. The van der Waals surface area contributed by atoms with Crippen LogP contribution in [0.1, 0.15) is 40.0 Å². The van der Waals surface area contributed by atoms with Crippen molar-refractivity contribution in [3.05, 3.63) is 0 Å². The highest BCUT2D eigenvalue weighted by molar-refractivity contribution is 5.75. The standard InChI is InChI=1S/C12H25NO3/c1-12(2,3)7-5-6-11(15)13-8-10(14)9-16-4/h10,14H,5-9H2,1-4H3,(H,13,15). The van der Waals surface area contributed by atoms with E-state index in [9.17, 15) is 9.90 Å². The van der Waals surface area contributed by atoms with Crippen LogP contribution in [-0.4, -0.2) is 37.4 Å². The smallest absolute Gasteiger partial charge is 0.220 e. The SMILES string of the molecule is COCC(O)CNC(=O)CCCC(C)(C)C. The van der Waals surface area contributed by atoms with Crippen LogP contribution in [0.4, 0.5) is 0 Å². The van der Waals surface area contributed by atoms with Crippen molar-refractivity contribution in [1.82, 2.24) is 5.32 Å². The number of amides is 1. The Labute approximate surface area is 98.4 Å². The largest absolute Gasteiger partial charge is 0.389 e. The van der Waals surface area contributed by atoms with Crippen LogP contribution in [0.3, 0.4) is 0 Å². The van der Waals surface area contributed by atoms with E-state index in [2.05, 4.69) is 26.1 Å². The summed E-state index contributed by atoms with van der Waals surface area (Å²) >= 11 is 0. The number of hydrogen-bond acceptors (Lipinski definition) is 3. The molecule has 1 unspecified atom stereocenters. The molecule has 0 aromatic rings. The second-order valence-corrected chi connectivity index (χ2v) is 5.33. The predicted molar refractivity (Wildman–Crippen MR) is 64.2 cm³/mol. The topological polar surface area (TPSA) is 58.6 Å². The molecule has 0 heterocycles. The van der Waals surface area contributed by atoms with E-state index in [1.165, 1.54) is 7.11 Å². The summed E-state index contributed by atoms with van der Waals surface area (Å²) in [5.74, 6) is -0.000553. The Morgan fingerprint density at radius 1 is 1.44 bits per heavy atom. The van der Waals surface area contributed by atoms with Crippen LogP contribution < -0.4 is 5.32 Å². The van der Waals surface area contributed by atoms with Gasteiger partial charge in [0, 0.05) is 20.1 Å². The molecule has 0 bridgehead atoms. The van der Waals surface area contributed by atoms with Crippen LogP contribution in [0, 0.1) is 5.41 Å². The van der Waals surface area contributed by atoms with Crippen LogP contribution in [0.5, 0.6) is 0 Å². The summed E-state index contributed by atoms with van der Waals surface area (Å²) in [4.78, 5) is 11.4. The van der Waals surface area contributed by atoms with Crippen LogP contribution in [0.15, 0.2) is 0 Å². The summed E-state index contributed by atoms with van der Waals surface area (Å²) < 4.78 is 4.76. The van der Waals surface area contributed by atoms with Crippen molar-refractivity contribution in [2.24, 2.45) is 5.41 Å². The Bertz CT molecular complexity index is 199. The minimum atomic E-state index is -0.614. The fourth-order valence-corrected chi connectivity index (χ4v) is 1.35. The molecule has 0 radical (unpaired) electrons. The van der Waals surface area contributed by atoms with E-state index < -0.39 is 6.10 Å². The van der Waals surface area contributed by atoms with E-state index >= 15 is 0 Å². The molecule has 0 rings (SSSR count). The molecule has 16 heavy (non-hydrogen) atoms. The summed E-state index contributed by atoms with van der Waals surface area (Å²) in [6.45, 7) is 7.00. The van der Waals surface area contributed by atoms with Crippen molar-refractivity contribution < 1.29 is 14.6 Å². The summed E-state index contributed by atoms with van der Waals surface area (Å²) in [6, 6.07) is 0. The third-order valence-corrected chi connectivity index (χ3v) is 2.22. The third-order valence-electron chi connectivity index (χ3n) is 2.22. The minimum Gasteiger partial charge on any atom is -0.389 e. The lowest BCUT2D eigenvalue weighted by Gasteiger charge is -2.17. The van der Waals surface area contributed by atoms with Gasteiger partial charge in [-0.3, -0.25) is 4.79 Å². The fourth-order valence-electron chi connectivity index (χ4n) is 1.35. The molecule has 0 aromatic heterocycles. The molecule has 4 nitrogen and oxygen atoms in total. The second-order valence-electron chi connectivity index (χ2n) is 5.33. The van der Waals surface area contributed by atoms with Gasteiger partial charge in [0.25, 0.3) is 0 Å². The second kappa shape index (κ2) is 7.63. The number of aliphatic hydroxyl groups is 1. The van der Waals surface area contributed by atoms with Crippen molar-refractivity contribution in [3.8, 4) is 0 Å². The van der Waals surface area contributed by atoms with Gasteiger partial charge in [-0.25, -0.2) is 0 Å². The van der Waals surface area contributed by atoms with Crippen molar-refractivity contribution in [2.75, 3.05) is 20.3 Å². The quantitative estimate of drug-likeness (QED) is 0.695. The highest BCUT2D eigenvalue weighted by atomic mass is 16.5. The predicted octanol–water partition coefficient (Wildman–Crippen LogP) is 1.33. The molecule has 4 heteroatoms. The molecule has 0 spiro atoms. The Morgan fingerprint density at radius 2 is 2.06 bits per heavy atom. The highest BCUT2D eigenvalue weighted by Gasteiger charge is 2.11. The van der Waals surface area contributed by atoms with Crippen LogP contribution >= 0.6 is 0 Å². The Balaban J connectivity index is 3.52. The van der Waals surface area contributed by atoms with E-state index in [-0.39, 0.29) is 24.5 Å². The van der Waals surface area contributed by atoms with E-state index in [0.717, 1.165) is 12.8 Å². The van der Waals surface area contributed by atoms with Gasteiger partial charge in [0.05, 0.1) is 12.7 Å². The molecule has 1 amide bonds. The van der Waals surface area contributed by atoms with Gasteiger partial charge >= 0.3 is 0 Å². The molecule has 0 aliphatic carbocycles. The molecule has 0 aliphatic heterocycles. The van der Waals surface area contributed by atoms with E-state index in [1.807, 2.05) is 0 Å². The number of ether oxygens (including phenoxy) is 1. The van der Waals surface area contributed by atoms with E-state index in [4.69, 9.17) is 4.74 Å². The molecule has 0 aromatic carbocycles. The number of methoxy groups -OCH3 is 1. The first-order valence-corrected chi connectivity index (χ1v) is 5.79. The summed E-state index contributed by atoms with van der Waals surface area (Å²) in [5.41, 5.74) is 0.274. The Kier molecular flexibility index (Phi) is 7.34. The maximum absolute atomic E-state index is 11.4. The Morgan fingerprint density at radius 3 is 2.56 bits per heavy atom. The van der Waals surface area contributed by atoms with Gasteiger partial charge in [0.15, 0.2) is 0 Å². The summed E-state index contributed by atoms with van der Waals surface area (Å²) in [5, 5.41) is 12.0. The van der Waals surface area contributed by atoms with Crippen LogP contribution in [0.25, 0.3) is 0 Å². The number of nitrogens with one attached hydrogen (secondary N) is 1. The molecule has 0 fully saturated rings. The van der Waals surface area contributed by atoms with Crippen LogP contribution in [-0.2, 0) is 9.53 Å². The van der Waals surface area contributed by atoms with Gasteiger partial charge in [-0.1, -0.05) is 20.8 Å². The number of hydrogen-bond donors (Lipinski definition) is 2. The number of carbonyl (C=O) groups excluding carboxylic acids is 1. The van der Waals surface area contributed by atoms with Crippen molar-refractivity contribution in [1.29, 1.82) is 0 Å². The van der Waals surface area contributed by atoms with Crippen molar-refractivity contribution >= 4 is 5.91 Å². The maximum atomic E-state index is 11.4. The zero-order valence-corrected chi connectivity index (χ0v) is 10.9. The number of rotatable bonds is 7. The summed E-state index contributed by atoms with van der Waals surface area (Å²) in [6.07, 6.45) is 1.82. The monoisotopic (exact) mass is 231 g/mol. The van der Waals surface area contributed by atoms with Crippen molar-refractivity contribution in [3.63, 3.8) is 0 Å². The van der Waals surface area contributed by atoms with E-state index in [1.54, 1.807) is 0 Å². The molecular weight excluding hydrogens is 206 g/mol. The van der Waals surface area contributed by atoms with Gasteiger partial charge < -0.3 is 15.2 Å². The van der Waals surface area contributed by atoms with E-state index in [0.29, 0.717) is 6.42 Å². The highest BCUT2D eigenvalue weighted by Crippen LogP contribution is 2.21. The number of carbonyl (C=O) groups is 1. The lowest BCUT2D eigenvalue weighted by Crippen LogP contribution is -2.34. The first-order chi connectivity index (χ1) is 7.35. The van der Waals surface area contributed by atoms with Gasteiger partial charge in [0.1, 0.15) is 0 Å².